The first-order chi connectivity index (χ1) is 14.5. The SMILES string of the molecule is CCOCCN(CCOc1ccccc1[N+](=O)[O-])CCOc1ccccc1[N+](=O)[O-]. The number of rotatable bonds is 14. The second-order valence-electron chi connectivity index (χ2n) is 6.19. The van der Waals surface area contributed by atoms with Crippen LogP contribution in [0.5, 0.6) is 11.5 Å². The van der Waals surface area contributed by atoms with E-state index in [1.165, 1.54) is 12.1 Å². The first-order valence-corrected chi connectivity index (χ1v) is 9.55. The van der Waals surface area contributed by atoms with Crippen molar-refractivity contribution in [3.63, 3.8) is 0 Å². The molecule has 0 saturated heterocycles. The summed E-state index contributed by atoms with van der Waals surface area (Å²) in [6, 6.07) is 12.4. The average molecular weight is 419 g/mol. The molecule has 0 aliphatic heterocycles. The summed E-state index contributed by atoms with van der Waals surface area (Å²) in [4.78, 5) is 23.2. The Morgan fingerprint density at radius 2 is 1.20 bits per heavy atom. The zero-order chi connectivity index (χ0) is 21.8. The first kappa shape index (κ1) is 23.0. The number of ether oxygens (including phenoxy) is 3. The molecule has 0 saturated carbocycles. The van der Waals surface area contributed by atoms with Crippen LogP contribution >= 0.6 is 0 Å². The molecule has 10 nitrogen and oxygen atoms in total. The van der Waals surface area contributed by atoms with Crippen molar-refractivity contribution in [2.45, 2.75) is 6.92 Å². The first-order valence-electron chi connectivity index (χ1n) is 9.55. The minimum absolute atomic E-state index is 0.0851. The fourth-order valence-corrected chi connectivity index (χ4v) is 2.70. The number of nitro benzene ring substituents is 2. The standard InChI is InChI=1S/C20H25N3O7/c1-2-28-14-11-21(12-15-29-19-9-5-3-7-17(19)22(24)25)13-16-30-20-10-6-4-8-18(20)23(26)27/h3-10H,2,11-16H2,1H3. The Labute approximate surface area is 174 Å². The molecule has 0 radical (unpaired) electrons. The molecule has 0 atom stereocenters. The van der Waals surface area contributed by atoms with Gasteiger partial charge in [0, 0.05) is 38.4 Å². The second-order valence-corrected chi connectivity index (χ2v) is 6.19. The maximum Gasteiger partial charge on any atom is 0.310 e. The predicted molar refractivity (Wildman–Crippen MR) is 110 cm³/mol. The molecule has 0 heterocycles. The monoisotopic (exact) mass is 419 g/mol. The van der Waals surface area contributed by atoms with Crippen molar-refractivity contribution in [3.05, 3.63) is 68.8 Å². The fraction of sp³-hybridized carbons (Fsp3) is 0.400. The molecule has 2 aromatic rings. The van der Waals surface area contributed by atoms with Crippen LogP contribution in [0.1, 0.15) is 6.92 Å². The molecule has 2 rings (SSSR count). The van der Waals surface area contributed by atoms with Crippen LogP contribution in [0.15, 0.2) is 48.5 Å². The van der Waals surface area contributed by atoms with Crippen molar-refractivity contribution in [1.82, 2.24) is 4.90 Å². The van der Waals surface area contributed by atoms with Crippen molar-refractivity contribution < 1.29 is 24.1 Å². The lowest BCUT2D eigenvalue weighted by atomic mass is 10.3. The summed E-state index contributed by atoms with van der Waals surface area (Å²) in [5.74, 6) is 0.423. The Morgan fingerprint density at radius 3 is 1.63 bits per heavy atom. The van der Waals surface area contributed by atoms with Gasteiger partial charge in [0.25, 0.3) is 0 Å². The van der Waals surface area contributed by atoms with Crippen LogP contribution in [0.3, 0.4) is 0 Å². The number of hydrogen-bond donors (Lipinski definition) is 0. The molecule has 30 heavy (non-hydrogen) atoms. The topological polar surface area (TPSA) is 117 Å². The van der Waals surface area contributed by atoms with Crippen molar-refractivity contribution in [1.29, 1.82) is 0 Å². The molecule has 0 aromatic heterocycles. The summed E-state index contributed by atoms with van der Waals surface area (Å²) in [5, 5.41) is 22.2. The molecular formula is C20H25N3O7. The van der Waals surface area contributed by atoms with E-state index in [-0.39, 0.29) is 36.1 Å². The van der Waals surface area contributed by atoms with Gasteiger partial charge in [0.2, 0.25) is 0 Å². The second kappa shape index (κ2) is 12.3. The third-order valence-electron chi connectivity index (χ3n) is 4.21. The largest absolute Gasteiger partial charge is 0.485 e. The lowest BCUT2D eigenvalue weighted by molar-refractivity contribution is -0.386. The van der Waals surface area contributed by atoms with Crippen molar-refractivity contribution >= 4 is 11.4 Å². The van der Waals surface area contributed by atoms with Crippen LogP contribution in [0, 0.1) is 20.2 Å². The van der Waals surface area contributed by atoms with Crippen LogP contribution in [0.2, 0.25) is 0 Å². The van der Waals surface area contributed by atoms with Crippen LogP contribution in [-0.2, 0) is 4.74 Å². The molecule has 0 N–H and O–H groups in total. The zero-order valence-corrected chi connectivity index (χ0v) is 16.8. The molecule has 0 amide bonds. The van der Waals surface area contributed by atoms with E-state index in [2.05, 4.69) is 0 Å². The summed E-state index contributed by atoms with van der Waals surface area (Å²) in [6.07, 6.45) is 0. The summed E-state index contributed by atoms with van der Waals surface area (Å²) in [7, 11) is 0. The van der Waals surface area contributed by atoms with Crippen LogP contribution < -0.4 is 9.47 Å². The third-order valence-corrected chi connectivity index (χ3v) is 4.21. The number of benzene rings is 2. The highest BCUT2D eigenvalue weighted by molar-refractivity contribution is 5.46. The van der Waals surface area contributed by atoms with E-state index < -0.39 is 9.85 Å². The van der Waals surface area contributed by atoms with Crippen LogP contribution in [-0.4, -0.2) is 60.8 Å². The molecule has 0 spiro atoms. The Hall–Kier alpha value is -3.24. The summed E-state index contributed by atoms with van der Waals surface area (Å²) in [6.45, 7) is 5.05. The molecule has 10 heteroatoms. The molecule has 0 unspecified atom stereocenters. The molecular weight excluding hydrogens is 394 g/mol. The predicted octanol–water partition coefficient (Wildman–Crippen LogP) is 3.30. The lowest BCUT2D eigenvalue weighted by Crippen LogP contribution is -2.35. The van der Waals surface area contributed by atoms with Crippen molar-refractivity contribution in [2.75, 3.05) is 46.1 Å². The molecule has 0 bridgehead atoms. The van der Waals surface area contributed by atoms with Gasteiger partial charge in [0.1, 0.15) is 13.2 Å². The van der Waals surface area contributed by atoms with Gasteiger partial charge in [-0.1, -0.05) is 24.3 Å². The average Bonchev–Trinajstić information content (AvgIpc) is 2.74. The van der Waals surface area contributed by atoms with Crippen LogP contribution in [0.4, 0.5) is 11.4 Å². The van der Waals surface area contributed by atoms with Gasteiger partial charge < -0.3 is 14.2 Å². The Bertz CT molecular complexity index is 768. The van der Waals surface area contributed by atoms with E-state index in [1.807, 2.05) is 11.8 Å². The molecule has 0 aliphatic rings. The maximum absolute atomic E-state index is 11.1. The molecule has 162 valence electrons. The Balaban J connectivity index is 1.89. The van der Waals surface area contributed by atoms with E-state index >= 15 is 0 Å². The van der Waals surface area contributed by atoms with E-state index in [0.29, 0.717) is 32.8 Å². The van der Waals surface area contributed by atoms with Gasteiger partial charge in [-0.2, -0.15) is 0 Å². The lowest BCUT2D eigenvalue weighted by Gasteiger charge is -2.22. The van der Waals surface area contributed by atoms with Crippen molar-refractivity contribution in [2.24, 2.45) is 0 Å². The zero-order valence-electron chi connectivity index (χ0n) is 16.8. The van der Waals surface area contributed by atoms with Crippen LogP contribution in [0.25, 0.3) is 0 Å². The van der Waals surface area contributed by atoms with Crippen molar-refractivity contribution in [3.8, 4) is 11.5 Å². The number of nitro groups is 2. The molecule has 2 aromatic carbocycles. The van der Waals surface area contributed by atoms with E-state index in [1.54, 1.807) is 36.4 Å². The Morgan fingerprint density at radius 1 is 0.767 bits per heavy atom. The summed E-state index contributed by atoms with van der Waals surface area (Å²) in [5.41, 5.74) is -0.170. The van der Waals surface area contributed by atoms with E-state index in [9.17, 15) is 20.2 Å². The van der Waals surface area contributed by atoms with Gasteiger partial charge in [0.15, 0.2) is 11.5 Å². The molecule has 0 aliphatic carbocycles. The minimum Gasteiger partial charge on any atom is -0.485 e. The quantitative estimate of drug-likeness (QED) is 0.260. The third kappa shape index (κ3) is 7.30. The normalized spacial score (nSPS) is 10.7. The molecule has 0 fully saturated rings. The van der Waals surface area contributed by atoms with Gasteiger partial charge >= 0.3 is 11.4 Å². The fourth-order valence-electron chi connectivity index (χ4n) is 2.70. The summed E-state index contributed by atoms with van der Waals surface area (Å²) >= 11 is 0. The highest BCUT2D eigenvalue weighted by atomic mass is 16.6. The van der Waals surface area contributed by atoms with E-state index in [0.717, 1.165) is 0 Å². The van der Waals surface area contributed by atoms with E-state index in [4.69, 9.17) is 14.2 Å². The van der Waals surface area contributed by atoms with Gasteiger partial charge in [-0.3, -0.25) is 25.1 Å². The van der Waals surface area contributed by atoms with Gasteiger partial charge in [0.05, 0.1) is 16.5 Å². The Kier molecular flexibility index (Phi) is 9.49. The minimum atomic E-state index is -0.483. The smallest absolute Gasteiger partial charge is 0.310 e. The van der Waals surface area contributed by atoms with Gasteiger partial charge in [-0.25, -0.2) is 0 Å². The van der Waals surface area contributed by atoms with Gasteiger partial charge in [-0.05, 0) is 19.1 Å². The summed E-state index contributed by atoms with van der Waals surface area (Å²) < 4.78 is 16.6. The maximum atomic E-state index is 11.1. The van der Waals surface area contributed by atoms with Gasteiger partial charge in [-0.15, -0.1) is 0 Å². The number of hydrogen-bond acceptors (Lipinski definition) is 8. The number of nitrogens with zero attached hydrogens (tertiary/aromatic N) is 3. The number of para-hydroxylation sites is 4. The highest BCUT2D eigenvalue weighted by Crippen LogP contribution is 2.26. The highest BCUT2D eigenvalue weighted by Gasteiger charge is 2.16.